The minimum absolute atomic E-state index is 0.0887. The smallest absolute Gasteiger partial charge is 0.311 e. The maximum atomic E-state index is 12.1. The maximum Gasteiger partial charge on any atom is 0.311 e. The first-order valence-electron chi connectivity index (χ1n) is 6.36. The third-order valence-electron chi connectivity index (χ3n) is 3.32. The fourth-order valence-electron chi connectivity index (χ4n) is 2.45. The van der Waals surface area contributed by atoms with Crippen molar-refractivity contribution in [1.29, 1.82) is 0 Å². The topological polar surface area (TPSA) is 103 Å². The van der Waals surface area contributed by atoms with Crippen LogP contribution in [0, 0.1) is 6.92 Å². The van der Waals surface area contributed by atoms with Gasteiger partial charge in [-0.2, -0.15) is 4.98 Å². The molecule has 1 fully saturated rings. The largest absolute Gasteiger partial charge is 0.388 e. The molecule has 3 N–H and O–H groups in total. The van der Waals surface area contributed by atoms with Gasteiger partial charge in [-0.25, -0.2) is 4.98 Å². The Kier molecular flexibility index (Phi) is 3.45. The molecule has 0 amide bonds. The van der Waals surface area contributed by atoms with Crippen molar-refractivity contribution in [3.8, 4) is 0 Å². The summed E-state index contributed by atoms with van der Waals surface area (Å²) in [5, 5.41) is 10.1. The molecule has 107 valence electrons. The highest BCUT2D eigenvalue weighted by Gasteiger charge is 2.36. The Balaban J connectivity index is 2.04. The first kappa shape index (κ1) is 13.5. The van der Waals surface area contributed by atoms with Gasteiger partial charge in [0.15, 0.2) is 11.9 Å². The van der Waals surface area contributed by atoms with Crippen molar-refractivity contribution in [2.45, 2.75) is 37.7 Å². The highest BCUT2D eigenvalue weighted by molar-refractivity contribution is 7.16. The molecular formula is C12H15N4O3S. The molecule has 0 unspecified atom stereocenters. The first-order valence-corrected chi connectivity index (χ1v) is 7.18. The number of hydrogen-bond acceptors (Lipinski definition) is 7. The molecule has 0 bridgehead atoms. The van der Waals surface area contributed by atoms with E-state index in [1.54, 1.807) is 0 Å². The summed E-state index contributed by atoms with van der Waals surface area (Å²) in [4.78, 5) is 19.8. The summed E-state index contributed by atoms with van der Waals surface area (Å²) in [6, 6.07) is 0. The normalized spacial score (nSPS) is 26.4. The van der Waals surface area contributed by atoms with Crippen LogP contribution in [0.15, 0.2) is 11.0 Å². The molecule has 3 atom stereocenters. The molecule has 3 heterocycles. The molecule has 20 heavy (non-hydrogen) atoms. The Morgan fingerprint density at radius 3 is 3.20 bits per heavy atom. The van der Waals surface area contributed by atoms with Gasteiger partial charge in [-0.1, -0.05) is 24.7 Å². The van der Waals surface area contributed by atoms with Gasteiger partial charge in [-0.15, -0.1) is 0 Å². The highest BCUT2D eigenvalue weighted by atomic mass is 32.1. The number of hydrogen-bond donors (Lipinski definition) is 2. The Morgan fingerprint density at radius 2 is 2.45 bits per heavy atom. The summed E-state index contributed by atoms with van der Waals surface area (Å²) < 4.78 is 7.76. The van der Waals surface area contributed by atoms with Crippen LogP contribution in [0.2, 0.25) is 0 Å². The Bertz CT molecular complexity index is 683. The van der Waals surface area contributed by atoms with Crippen molar-refractivity contribution in [2.24, 2.45) is 0 Å². The van der Waals surface area contributed by atoms with Gasteiger partial charge in [0, 0.05) is 6.42 Å². The molecule has 2 aromatic rings. The second-order valence-corrected chi connectivity index (χ2v) is 5.74. The van der Waals surface area contributed by atoms with Crippen LogP contribution in [-0.2, 0) is 4.74 Å². The van der Waals surface area contributed by atoms with Gasteiger partial charge in [0.25, 0.3) is 0 Å². The van der Waals surface area contributed by atoms with E-state index in [1.807, 2.05) is 0 Å². The number of thiazole rings is 1. The van der Waals surface area contributed by atoms with Gasteiger partial charge >= 0.3 is 4.87 Å². The summed E-state index contributed by atoms with van der Waals surface area (Å²) in [6.45, 7) is 3.78. The van der Waals surface area contributed by atoms with Gasteiger partial charge in [-0.3, -0.25) is 9.36 Å². The molecule has 3 rings (SSSR count). The van der Waals surface area contributed by atoms with Gasteiger partial charge in [0.1, 0.15) is 6.10 Å². The lowest BCUT2D eigenvalue weighted by Crippen LogP contribution is -2.27. The number of nitrogen functional groups attached to an aromatic ring is 1. The van der Waals surface area contributed by atoms with Gasteiger partial charge in [-0.05, 0) is 6.42 Å². The fraction of sp³-hybridized carbons (Fsp3) is 0.500. The molecular weight excluding hydrogens is 280 g/mol. The van der Waals surface area contributed by atoms with E-state index >= 15 is 0 Å². The number of nitrogens with zero attached hydrogens (tertiary/aromatic N) is 3. The zero-order valence-corrected chi connectivity index (χ0v) is 11.5. The number of fused-ring (bicyclic) bond motifs is 1. The summed E-state index contributed by atoms with van der Waals surface area (Å²) in [5.41, 5.74) is 5.97. The van der Waals surface area contributed by atoms with Crippen LogP contribution in [0.3, 0.4) is 0 Å². The lowest BCUT2D eigenvalue weighted by molar-refractivity contribution is -0.0374. The third-order valence-corrected chi connectivity index (χ3v) is 4.20. The van der Waals surface area contributed by atoms with Crippen molar-refractivity contribution in [2.75, 3.05) is 5.73 Å². The standard InChI is InChI=1S/C12H15N4O3S/c1-2-3-6-4-7(17)10(19-6)16-9-8(20-12(16)18)5-14-11(13)15-9/h5-7,10,17H,1-4H2,(H2,13,14,15)/t6-,7+,10+/m0/s1. The zero-order chi connectivity index (χ0) is 14.3. The number of anilines is 1. The van der Waals surface area contributed by atoms with Crippen LogP contribution < -0.4 is 10.6 Å². The molecule has 7 nitrogen and oxygen atoms in total. The third kappa shape index (κ3) is 2.19. The van der Waals surface area contributed by atoms with Crippen LogP contribution in [-0.4, -0.2) is 31.8 Å². The molecule has 0 aliphatic carbocycles. The van der Waals surface area contributed by atoms with Crippen LogP contribution in [0.25, 0.3) is 10.3 Å². The fourth-order valence-corrected chi connectivity index (χ4v) is 3.27. The van der Waals surface area contributed by atoms with E-state index in [2.05, 4.69) is 16.9 Å². The summed E-state index contributed by atoms with van der Waals surface area (Å²) in [6.07, 6.45) is 1.92. The van der Waals surface area contributed by atoms with Crippen molar-refractivity contribution >= 4 is 27.6 Å². The number of nitrogens with two attached hydrogens (primary N) is 1. The molecule has 1 saturated heterocycles. The SMILES string of the molecule is [CH2]CC[C@H]1C[C@@H](O)[C@H](n2c(=O)sc3cnc(N)nc32)O1. The summed E-state index contributed by atoms with van der Waals surface area (Å²) in [5.74, 6) is 0.0887. The molecule has 8 heteroatoms. The van der Waals surface area contributed by atoms with Crippen LogP contribution >= 0.6 is 11.3 Å². The molecule has 0 aromatic carbocycles. The van der Waals surface area contributed by atoms with Crippen LogP contribution in [0.4, 0.5) is 5.95 Å². The average Bonchev–Trinajstić information content (AvgIpc) is 2.89. The van der Waals surface area contributed by atoms with Crippen molar-refractivity contribution < 1.29 is 9.84 Å². The number of rotatable bonds is 3. The number of aliphatic hydroxyl groups excluding tert-OH is 1. The highest BCUT2D eigenvalue weighted by Crippen LogP contribution is 2.32. The van der Waals surface area contributed by atoms with Crippen molar-refractivity contribution in [3.63, 3.8) is 0 Å². The lowest BCUT2D eigenvalue weighted by Gasteiger charge is -2.16. The van der Waals surface area contributed by atoms with Crippen LogP contribution in [0.5, 0.6) is 0 Å². The predicted molar refractivity (Wildman–Crippen MR) is 75.2 cm³/mol. The van der Waals surface area contributed by atoms with E-state index in [0.717, 1.165) is 24.2 Å². The van der Waals surface area contributed by atoms with E-state index in [9.17, 15) is 9.90 Å². The van der Waals surface area contributed by atoms with E-state index in [1.165, 1.54) is 10.8 Å². The van der Waals surface area contributed by atoms with E-state index in [-0.39, 0.29) is 16.9 Å². The molecule has 0 spiro atoms. The molecule has 1 aliphatic rings. The summed E-state index contributed by atoms with van der Waals surface area (Å²) >= 11 is 1.01. The number of aliphatic hydroxyl groups is 1. The molecule has 1 radical (unpaired) electrons. The number of aromatic nitrogens is 3. The Labute approximate surface area is 119 Å². The Hall–Kier alpha value is -1.51. The predicted octanol–water partition coefficient (Wildman–Crippen LogP) is 0.698. The average molecular weight is 295 g/mol. The van der Waals surface area contributed by atoms with Gasteiger partial charge in [0.2, 0.25) is 5.95 Å². The number of ether oxygens (including phenoxy) is 1. The van der Waals surface area contributed by atoms with E-state index in [4.69, 9.17) is 10.5 Å². The summed E-state index contributed by atoms with van der Waals surface area (Å²) in [7, 11) is 0. The minimum Gasteiger partial charge on any atom is -0.388 e. The first-order chi connectivity index (χ1) is 9.60. The van der Waals surface area contributed by atoms with Gasteiger partial charge < -0.3 is 15.6 Å². The lowest BCUT2D eigenvalue weighted by atomic mass is 10.1. The van der Waals surface area contributed by atoms with Crippen molar-refractivity contribution in [1.82, 2.24) is 14.5 Å². The van der Waals surface area contributed by atoms with E-state index < -0.39 is 12.3 Å². The zero-order valence-electron chi connectivity index (χ0n) is 10.7. The Morgan fingerprint density at radius 1 is 1.65 bits per heavy atom. The van der Waals surface area contributed by atoms with Crippen LogP contribution in [0.1, 0.15) is 25.5 Å². The molecule has 0 saturated carbocycles. The van der Waals surface area contributed by atoms with Crippen molar-refractivity contribution in [3.05, 3.63) is 22.8 Å². The molecule has 2 aromatic heterocycles. The van der Waals surface area contributed by atoms with E-state index in [0.29, 0.717) is 16.8 Å². The van der Waals surface area contributed by atoms with Gasteiger partial charge in [0.05, 0.1) is 17.0 Å². The maximum absolute atomic E-state index is 12.1. The monoisotopic (exact) mass is 295 g/mol. The molecule has 1 aliphatic heterocycles. The second kappa shape index (κ2) is 5.12. The minimum atomic E-state index is -0.738. The second-order valence-electron chi connectivity index (χ2n) is 4.75. The quantitative estimate of drug-likeness (QED) is 0.864.